The van der Waals surface area contributed by atoms with Gasteiger partial charge in [-0.2, -0.15) is 13.2 Å². The van der Waals surface area contributed by atoms with E-state index in [-0.39, 0.29) is 25.4 Å². The van der Waals surface area contributed by atoms with E-state index in [1.165, 1.54) is 16.7 Å². The lowest BCUT2D eigenvalue weighted by atomic mass is 9.84. The van der Waals surface area contributed by atoms with E-state index < -0.39 is 42.3 Å². The summed E-state index contributed by atoms with van der Waals surface area (Å²) in [6.07, 6.45) is -1.97. The number of hydrazine groups is 1. The summed E-state index contributed by atoms with van der Waals surface area (Å²) in [4.78, 5) is 36.0. The summed E-state index contributed by atoms with van der Waals surface area (Å²) >= 11 is 0. The summed E-state index contributed by atoms with van der Waals surface area (Å²) in [6, 6.07) is 12.5. The van der Waals surface area contributed by atoms with Gasteiger partial charge in [0, 0.05) is 59.4 Å². The Morgan fingerprint density at radius 3 is 2.71 bits per heavy atom. The minimum absolute atomic E-state index is 0.0134. The van der Waals surface area contributed by atoms with Gasteiger partial charge in [0.05, 0.1) is 35.8 Å². The second-order valence-corrected chi connectivity index (χ2v) is 13.7. The lowest BCUT2D eigenvalue weighted by Crippen LogP contribution is -2.59. The van der Waals surface area contributed by atoms with Crippen molar-refractivity contribution in [3.05, 3.63) is 71.7 Å². The minimum atomic E-state index is -4.53. The lowest BCUT2D eigenvalue weighted by Gasteiger charge is -2.34. The molecule has 5 heterocycles. The highest BCUT2D eigenvalue weighted by Gasteiger charge is 2.36. The maximum atomic E-state index is 14.4. The van der Waals surface area contributed by atoms with Crippen LogP contribution in [0, 0.1) is 5.41 Å². The van der Waals surface area contributed by atoms with Crippen LogP contribution in [-0.2, 0) is 38.4 Å². The Kier molecular flexibility index (Phi) is 9.53. The van der Waals surface area contributed by atoms with Crippen molar-refractivity contribution in [2.45, 2.75) is 77.4 Å². The molecule has 6 bridgehead atoms. The molecule has 1 fully saturated rings. The predicted molar refractivity (Wildman–Crippen MR) is 178 cm³/mol. The highest BCUT2D eigenvalue weighted by atomic mass is 19.4. The van der Waals surface area contributed by atoms with Crippen molar-refractivity contribution in [2.24, 2.45) is 11.1 Å². The van der Waals surface area contributed by atoms with Crippen molar-refractivity contribution in [2.75, 3.05) is 20.3 Å². The van der Waals surface area contributed by atoms with Crippen molar-refractivity contribution in [1.82, 2.24) is 25.0 Å². The summed E-state index contributed by atoms with van der Waals surface area (Å²) in [5.41, 5.74) is 13.0. The molecule has 0 aliphatic carbocycles. The second-order valence-electron chi connectivity index (χ2n) is 13.7. The number of nitrogens with one attached hydrogen (secondary N) is 1. The third-order valence-electron chi connectivity index (χ3n) is 9.18. The quantitative estimate of drug-likeness (QED) is 0.270. The number of methoxy groups -OCH3 is 1. The van der Waals surface area contributed by atoms with E-state index in [1.54, 1.807) is 43.5 Å². The topological polar surface area (TPSA) is 125 Å². The zero-order valence-electron chi connectivity index (χ0n) is 28.0. The summed E-state index contributed by atoms with van der Waals surface area (Å²) in [6.45, 7) is 4.78. The van der Waals surface area contributed by atoms with E-state index in [1.807, 2.05) is 32.0 Å². The van der Waals surface area contributed by atoms with Gasteiger partial charge < -0.3 is 19.8 Å². The van der Waals surface area contributed by atoms with Gasteiger partial charge in [0.15, 0.2) is 0 Å². The number of aromatic nitrogens is 3. The van der Waals surface area contributed by atoms with Crippen LogP contribution in [0.4, 0.5) is 13.2 Å². The third-order valence-corrected chi connectivity index (χ3v) is 9.18. The number of hydrogen-bond donors (Lipinski definition) is 2. The number of fused-ring (bicyclic) bond motifs is 6. The summed E-state index contributed by atoms with van der Waals surface area (Å²) in [7, 11) is 1.53. The van der Waals surface area contributed by atoms with Crippen LogP contribution in [-0.4, -0.2) is 69.9 Å². The van der Waals surface area contributed by atoms with Crippen LogP contribution in [0.5, 0.6) is 0 Å². The van der Waals surface area contributed by atoms with Crippen molar-refractivity contribution in [1.29, 1.82) is 0 Å². The van der Waals surface area contributed by atoms with Crippen LogP contribution < -0.4 is 11.2 Å². The average molecular weight is 679 g/mol. The largest absolute Gasteiger partial charge is 0.464 e. The average Bonchev–Trinajstić information content (AvgIpc) is 3.35. The number of carbonyl (C=O) groups excluding carboxylic acids is 2. The first-order chi connectivity index (χ1) is 23.2. The molecule has 0 saturated carbocycles. The Morgan fingerprint density at radius 1 is 1.16 bits per heavy atom. The molecule has 1 unspecified atom stereocenters. The summed E-state index contributed by atoms with van der Waals surface area (Å²) < 4.78 is 55.9. The number of nitrogens with two attached hydrogens (primary N) is 1. The standard InChI is InChI=1S/C36H41F3N6O4/c1-21(48-4)31-24(9-6-14-41-31)32-26-18-35(2,3)20-49-34(47)29-11-7-15-45(43-29)33(46)27(40)17-23-8-5-10-28(42-23)22-12-13-30(25(26)16-22)44(32)19-36(37,38)39/h5-6,8-10,12-14,16,21,27,29,43H,7,11,15,17-20,40H2,1-4H3/t21-,27-,29?/m0/s1. The molecule has 10 nitrogen and oxygen atoms in total. The van der Waals surface area contributed by atoms with Gasteiger partial charge in [-0.05, 0) is 68.1 Å². The lowest BCUT2D eigenvalue weighted by molar-refractivity contribution is -0.155. The number of rotatable bonds is 4. The third kappa shape index (κ3) is 7.34. The number of pyridine rings is 2. The number of carbonyl (C=O) groups is 2. The molecule has 0 spiro atoms. The van der Waals surface area contributed by atoms with Gasteiger partial charge >= 0.3 is 12.1 Å². The van der Waals surface area contributed by atoms with Gasteiger partial charge in [-0.3, -0.25) is 24.6 Å². The zero-order valence-corrected chi connectivity index (χ0v) is 28.0. The van der Waals surface area contributed by atoms with Gasteiger partial charge in [0.1, 0.15) is 12.6 Å². The number of cyclic esters (lactones) is 1. The van der Waals surface area contributed by atoms with Crippen LogP contribution in [0.15, 0.2) is 54.7 Å². The number of ether oxygens (including phenoxy) is 2. The molecule has 3 atom stereocenters. The molecule has 4 aromatic rings. The molecule has 1 saturated heterocycles. The van der Waals surface area contributed by atoms with Crippen molar-refractivity contribution < 1.29 is 32.2 Å². The van der Waals surface area contributed by atoms with Crippen molar-refractivity contribution in [3.8, 4) is 22.5 Å². The molecule has 1 amide bonds. The molecule has 260 valence electrons. The molecular weight excluding hydrogens is 637 g/mol. The van der Waals surface area contributed by atoms with E-state index >= 15 is 0 Å². The fourth-order valence-electron chi connectivity index (χ4n) is 6.75. The van der Waals surface area contributed by atoms with Crippen LogP contribution in [0.3, 0.4) is 0 Å². The minimum Gasteiger partial charge on any atom is -0.464 e. The molecule has 2 aliphatic rings. The molecule has 3 aromatic heterocycles. The van der Waals surface area contributed by atoms with E-state index in [0.717, 1.165) is 0 Å². The smallest absolute Gasteiger partial charge is 0.406 e. The normalized spacial score (nSPS) is 20.9. The molecule has 3 N–H and O–H groups in total. The SMILES string of the molecule is CO[C@@H](C)c1ncccc1-c1c2c3cc(ccc3n1CC(F)(F)F)-c1cccc(n1)C[C@H](N)C(=O)N1CCCC(N1)C(=O)OCC(C)(C)C2. The molecule has 2 aliphatic heterocycles. The highest BCUT2D eigenvalue weighted by molar-refractivity contribution is 5.95. The van der Waals surface area contributed by atoms with E-state index in [9.17, 15) is 22.8 Å². The Morgan fingerprint density at radius 2 is 1.96 bits per heavy atom. The summed E-state index contributed by atoms with van der Waals surface area (Å²) in [5.74, 6) is -0.867. The Hall–Kier alpha value is -4.33. The molecule has 13 heteroatoms. The van der Waals surface area contributed by atoms with Gasteiger partial charge in [-0.25, -0.2) is 5.43 Å². The van der Waals surface area contributed by atoms with Crippen LogP contribution in [0.25, 0.3) is 33.4 Å². The maximum absolute atomic E-state index is 14.4. The highest BCUT2D eigenvalue weighted by Crippen LogP contribution is 2.42. The number of amides is 1. The first-order valence-electron chi connectivity index (χ1n) is 16.4. The molecule has 6 rings (SSSR count). The number of nitrogens with zero attached hydrogens (tertiary/aromatic N) is 4. The van der Waals surface area contributed by atoms with Crippen molar-refractivity contribution in [3.63, 3.8) is 0 Å². The first-order valence-corrected chi connectivity index (χ1v) is 16.4. The fraction of sp³-hybridized carbons (Fsp3) is 0.444. The Balaban J connectivity index is 1.59. The Bertz CT molecular complexity index is 1870. The van der Waals surface area contributed by atoms with E-state index in [0.29, 0.717) is 69.8 Å². The molecule has 49 heavy (non-hydrogen) atoms. The molecular formula is C36H41F3N6O4. The van der Waals surface area contributed by atoms with Crippen LogP contribution >= 0.6 is 0 Å². The number of hydrogen-bond acceptors (Lipinski definition) is 8. The Labute approximate surface area is 282 Å². The number of esters is 1. The number of benzene rings is 1. The number of alkyl halides is 3. The van der Waals surface area contributed by atoms with Crippen molar-refractivity contribution >= 4 is 22.8 Å². The van der Waals surface area contributed by atoms with Crippen LogP contribution in [0.2, 0.25) is 0 Å². The van der Waals surface area contributed by atoms with Gasteiger partial charge in [0.25, 0.3) is 5.91 Å². The number of halogens is 3. The van der Waals surface area contributed by atoms with Gasteiger partial charge in [-0.1, -0.05) is 26.0 Å². The maximum Gasteiger partial charge on any atom is 0.406 e. The van der Waals surface area contributed by atoms with Crippen LogP contribution in [0.1, 0.15) is 56.7 Å². The van der Waals surface area contributed by atoms with E-state index in [4.69, 9.17) is 20.2 Å². The first kappa shape index (κ1) is 34.5. The van der Waals surface area contributed by atoms with Gasteiger partial charge in [0.2, 0.25) is 0 Å². The summed E-state index contributed by atoms with van der Waals surface area (Å²) in [5, 5.41) is 2.00. The molecule has 1 aromatic carbocycles. The fourth-order valence-corrected chi connectivity index (χ4v) is 6.75. The monoisotopic (exact) mass is 678 g/mol. The molecule has 0 radical (unpaired) electrons. The second kappa shape index (κ2) is 13.5. The van der Waals surface area contributed by atoms with Gasteiger partial charge in [-0.15, -0.1) is 0 Å². The zero-order chi connectivity index (χ0) is 35.1. The predicted octanol–water partition coefficient (Wildman–Crippen LogP) is 5.53. The van der Waals surface area contributed by atoms with E-state index in [2.05, 4.69) is 10.4 Å².